The number of ether oxygens (including phenoxy) is 1. The number of aliphatic carboxylic acids is 1. The second kappa shape index (κ2) is 6.11. The highest BCUT2D eigenvalue weighted by Crippen LogP contribution is 2.38. The Morgan fingerprint density at radius 3 is 2.47 bits per heavy atom. The van der Waals surface area contributed by atoms with Crippen molar-refractivity contribution in [3.63, 3.8) is 0 Å². The predicted octanol–water partition coefficient (Wildman–Crippen LogP) is 2.84. The number of hydrogen-bond acceptors (Lipinski definition) is 2. The van der Waals surface area contributed by atoms with Crippen LogP contribution in [-0.4, -0.2) is 24.3 Å². The van der Waals surface area contributed by atoms with Crippen LogP contribution in [0.1, 0.15) is 51.9 Å². The van der Waals surface area contributed by atoms with E-state index in [4.69, 9.17) is 9.84 Å². The monoisotopic (exact) mass is 214 g/mol. The van der Waals surface area contributed by atoms with Crippen molar-refractivity contribution < 1.29 is 14.6 Å². The molecule has 1 heterocycles. The Hall–Kier alpha value is -0.570. The molecule has 0 radical (unpaired) electrons. The highest BCUT2D eigenvalue weighted by molar-refractivity contribution is 5.66. The van der Waals surface area contributed by atoms with E-state index in [9.17, 15) is 4.79 Å². The summed E-state index contributed by atoms with van der Waals surface area (Å²) in [6.45, 7) is 3.74. The Bertz CT molecular complexity index is 197. The summed E-state index contributed by atoms with van der Waals surface area (Å²) < 4.78 is 5.23. The van der Waals surface area contributed by atoms with Crippen LogP contribution in [0.15, 0.2) is 0 Å². The lowest BCUT2D eigenvalue weighted by Crippen LogP contribution is -2.42. The smallest absolute Gasteiger partial charge is 0.303 e. The summed E-state index contributed by atoms with van der Waals surface area (Å²) in [5.74, 6) is -0.685. The molecule has 0 spiro atoms. The first kappa shape index (κ1) is 12.5. The van der Waals surface area contributed by atoms with Crippen LogP contribution in [0.2, 0.25) is 0 Å². The zero-order valence-corrected chi connectivity index (χ0v) is 9.63. The van der Waals surface area contributed by atoms with Crippen LogP contribution in [0, 0.1) is 5.41 Å². The SMILES string of the molecule is CCCCCCC1(CCC(=O)O)COC1. The summed E-state index contributed by atoms with van der Waals surface area (Å²) in [5.41, 5.74) is 0.201. The molecule has 3 heteroatoms. The van der Waals surface area contributed by atoms with Crippen molar-refractivity contribution in [1.82, 2.24) is 0 Å². The maximum absolute atomic E-state index is 10.5. The van der Waals surface area contributed by atoms with Crippen LogP contribution < -0.4 is 0 Å². The van der Waals surface area contributed by atoms with Gasteiger partial charge >= 0.3 is 5.97 Å². The Kier molecular flexibility index (Phi) is 5.09. The number of hydrogen-bond donors (Lipinski definition) is 1. The fourth-order valence-corrected chi connectivity index (χ4v) is 2.10. The van der Waals surface area contributed by atoms with E-state index in [0.717, 1.165) is 26.1 Å². The van der Waals surface area contributed by atoms with Gasteiger partial charge in [-0.15, -0.1) is 0 Å². The first-order valence-corrected chi connectivity index (χ1v) is 5.98. The first-order chi connectivity index (χ1) is 7.18. The van der Waals surface area contributed by atoms with Crippen molar-refractivity contribution >= 4 is 5.97 Å². The van der Waals surface area contributed by atoms with Crippen molar-refractivity contribution in [2.24, 2.45) is 5.41 Å². The Morgan fingerprint density at radius 2 is 2.00 bits per heavy atom. The zero-order chi connectivity index (χ0) is 11.1. The highest BCUT2D eigenvalue weighted by atomic mass is 16.5. The third-order valence-electron chi connectivity index (χ3n) is 3.25. The lowest BCUT2D eigenvalue weighted by atomic mass is 9.77. The maximum atomic E-state index is 10.5. The maximum Gasteiger partial charge on any atom is 0.303 e. The summed E-state index contributed by atoms with van der Waals surface area (Å²) in [6.07, 6.45) is 7.24. The average molecular weight is 214 g/mol. The quantitative estimate of drug-likeness (QED) is 0.632. The molecule has 0 atom stereocenters. The van der Waals surface area contributed by atoms with E-state index in [-0.39, 0.29) is 11.8 Å². The van der Waals surface area contributed by atoms with Crippen molar-refractivity contribution in [2.45, 2.75) is 51.9 Å². The molecule has 1 aliphatic rings. The Labute approximate surface area is 91.8 Å². The predicted molar refractivity (Wildman–Crippen MR) is 58.9 cm³/mol. The van der Waals surface area contributed by atoms with Crippen LogP contribution in [0.3, 0.4) is 0 Å². The molecule has 88 valence electrons. The van der Waals surface area contributed by atoms with Gasteiger partial charge in [-0.3, -0.25) is 4.79 Å². The van der Waals surface area contributed by atoms with Gasteiger partial charge in [0, 0.05) is 11.8 Å². The Morgan fingerprint density at radius 1 is 1.27 bits per heavy atom. The first-order valence-electron chi connectivity index (χ1n) is 5.98. The third-order valence-corrected chi connectivity index (χ3v) is 3.25. The summed E-state index contributed by atoms with van der Waals surface area (Å²) in [7, 11) is 0. The van der Waals surface area contributed by atoms with E-state index in [1.54, 1.807) is 0 Å². The molecule has 1 aliphatic heterocycles. The number of unbranched alkanes of at least 4 members (excludes halogenated alkanes) is 3. The molecule has 15 heavy (non-hydrogen) atoms. The molecule has 1 N–H and O–H groups in total. The number of rotatable bonds is 8. The molecule has 0 unspecified atom stereocenters. The highest BCUT2D eigenvalue weighted by Gasteiger charge is 2.37. The van der Waals surface area contributed by atoms with E-state index in [0.29, 0.717) is 0 Å². The molecule has 1 saturated heterocycles. The molecule has 0 aromatic carbocycles. The van der Waals surface area contributed by atoms with Crippen molar-refractivity contribution in [3.05, 3.63) is 0 Å². The normalized spacial score (nSPS) is 18.5. The van der Waals surface area contributed by atoms with Crippen LogP contribution in [0.25, 0.3) is 0 Å². The molecule has 0 amide bonds. The molecule has 1 fully saturated rings. The van der Waals surface area contributed by atoms with E-state index in [1.807, 2.05) is 0 Å². The van der Waals surface area contributed by atoms with Gasteiger partial charge in [0.05, 0.1) is 13.2 Å². The minimum Gasteiger partial charge on any atom is -0.481 e. The minimum atomic E-state index is -0.685. The molecule has 1 rings (SSSR count). The minimum absolute atomic E-state index is 0.201. The van der Waals surface area contributed by atoms with Crippen molar-refractivity contribution in [2.75, 3.05) is 13.2 Å². The van der Waals surface area contributed by atoms with Gasteiger partial charge < -0.3 is 9.84 Å². The molecular weight excluding hydrogens is 192 g/mol. The zero-order valence-electron chi connectivity index (χ0n) is 9.63. The summed E-state index contributed by atoms with van der Waals surface area (Å²) >= 11 is 0. The fraction of sp³-hybridized carbons (Fsp3) is 0.917. The largest absolute Gasteiger partial charge is 0.481 e. The lowest BCUT2D eigenvalue weighted by molar-refractivity contribution is -0.145. The van der Waals surface area contributed by atoms with Gasteiger partial charge in [-0.1, -0.05) is 32.6 Å². The number of carboxylic acids is 1. The molecule has 3 nitrogen and oxygen atoms in total. The van der Waals surface area contributed by atoms with E-state index < -0.39 is 5.97 Å². The number of carbonyl (C=O) groups is 1. The summed E-state index contributed by atoms with van der Waals surface area (Å²) in [4.78, 5) is 10.5. The van der Waals surface area contributed by atoms with Crippen molar-refractivity contribution in [1.29, 1.82) is 0 Å². The molecule has 0 aromatic rings. The third kappa shape index (κ3) is 4.20. The second-order valence-electron chi connectivity index (χ2n) is 4.70. The van der Waals surface area contributed by atoms with Crippen molar-refractivity contribution in [3.8, 4) is 0 Å². The van der Waals surface area contributed by atoms with Gasteiger partial charge in [-0.25, -0.2) is 0 Å². The van der Waals surface area contributed by atoms with Crippen LogP contribution in [0.4, 0.5) is 0 Å². The molecular formula is C12H22O3. The fourth-order valence-electron chi connectivity index (χ4n) is 2.10. The van der Waals surface area contributed by atoms with Gasteiger partial charge in [-0.05, 0) is 12.8 Å². The Balaban J connectivity index is 2.17. The lowest BCUT2D eigenvalue weighted by Gasteiger charge is -2.41. The van der Waals surface area contributed by atoms with Gasteiger partial charge in [-0.2, -0.15) is 0 Å². The second-order valence-corrected chi connectivity index (χ2v) is 4.70. The molecule has 0 aliphatic carbocycles. The van der Waals surface area contributed by atoms with Crippen LogP contribution in [0.5, 0.6) is 0 Å². The summed E-state index contributed by atoms with van der Waals surface area (Å²) in [6, 6.07) is 0. The average Bonchev–Trinajstić information content (AvgIpc) is 2.14. The molecule has 0 aromatic heterocycles. The van der Waals surface area contributed by atoms with Gasteiger partial charge in [0.25, 0.3) is 0 Å². The van der Waals surface area contributed by atoms with E-state index in [1.165, 1.54) is 25.7 Å². The van der Waals surface area contributed by atoms with Gasteiger partial charge in [0.2, 0.25) is 0 Å². The van der Waals surface area contributed by atoms with E-state index >= 15 is 0 Å². The van der Waals surface area contributed by atoms with Crippen LogP contribution >= 0.6 is 0 Å². The molecule has 0 bridgehead atoms. The summed E-state index contributed by atoms with van der Waals surface area (Å²) in [5, 5.41) is 8.67. The molecule has 0 saturated carbocycles. The van der Waals surface area contributed by atoms with E-state index in [2.05, 4.69) is 6.92 Å². The van der Waals surface area contributed by atoms with Crippen LogP contribution in [-0.2, 0) is 9.53 Å². The standard InChI is InChI=1S/C12H22O3/c1-2-3-4-5-7-12(9-15-10-12)8-6-11(13)14/h2-10H2,1H3,(H,13,14). The van der Waals surface area contributed by atoms with Gasteiger partial charge in [0.1, 0.15) is 0 Å². The van der Waals surface area contributed by atoms with Gasteiger partial charge in [0.15, 0.2) is 0 Å². The number of carboxylic acid groups (broad SMARTS) is 1. The topological polar surface area (TPSA) is 46.5 Å².